The molecule has 84 valence electrons. The van der Waals surface area contributed by atoms with Crippen LogP contribution in [0.5, 0.6) is 0 Å². The Balaban J connectivity index is 3.47. The average Bonchev–Trinajstić information content (AvgIpc) is 2.16. The molecule has 0 aliphatic carbocycles. The van der Waals surface area contributed by atoms with Gasteiger partial charge in [0.15, 0.2) is 0 Å². The van der Waals surface area contributed by atoms with Crippen LogP contribution in [0.1, 0.15) is 46.5 Å². The van der Waals surface area contributed by atoms with E-state index in [1.165, 1.54) is 31.0 Å². The van der Waals surface area contributed by atoms with Crippen molar-refractivity contribution in [3.63, 3.8) is 0 Å². The Kier molecular flexibility index (Phi) is 7.06. The van der Waals surface area contributed by atoms with Gasteiger partial charge in [-0.25, -0.2) is 0 Å². The molecule has 2 nitrogen and oxygen atoms in total. The van der Waals surface area contributed by atoms with Crippen molar-refractivity contribution in [1.82, 2.24) is 0 Å². The first kappa shape index (κ1) is 13.8. The van der Waals surface area contributed by atoms with E-state index in [1.807, 2.05) is 0 Å². The molecule has 0 saturated carbocycles. The zero-order valence-electron chi connectivity index (χ0n) is 9.47. The topological polar surface area (TPSA) is 40.1 Å². The minimum absolute atomic E-state index is 0.134. The van der Waals surface area contributed by atoms with Gasteiger partial charge in [-0.2, -0.15) is 11.8 Å². The molecule has 0 unspecified atom stereocenters. The summed E-state index contributed by atoms with van der Waals surface area (Å²) in [5.74, 6) is 0.113. The van der Waals surface area contributed by atoms with Crippen LogP contribution < -0.4 is 5.11 Å². The maximum atomic E-state index is 10.1. The van der Waals surface area contributed by atoms with E-state index in [9.17, 15) is 9.90 Å². The van der Waals surface area contributed by atoms with Gasteiger partial charge in [0, 0.05) is 5.75 Å². The quantitative estimate of drug-likeness (QED) is 0.584. The molecule has 0 N–H and O–H groups in total. The van der Waals surface area contributed by atoms with Crippen molar-refractivity contribution in [3.8, 4) is 0 Å². The minimum atomic E-state index is -0.955. The summed E-state index contributed by atoms with van der Waals surface area (Å²) in [6, 6.07) is 0. The first-order valence-electron chi connectivity index (χ1n) is 5.31. The van der Waals surface area contributed by atoms with Crippen molar-refractivity contribution < 1.29 is 9.90 Å². The van der Waals surface area contributed by atoms with Crippen molar-refractivity contribution in [2.75, 3.05) is 11.5 Å². The molecule has 0 rings (SSSR count). The molecular weight excluding hydrogens is 196 g/mol. The molecular formula is C11H21O2S-. The standard InChI is InChI=1S/C11H22O2S/c1-4-11(3,5-2)7-6-8-14-9-10(12)13/h4-9H2,1-3H3,(H,12,13)/p-1. The summed E-state index contributed by atoms with van der Waals surface area (Å²) in [6.45, 7) is 6.74. The lowest BCUT2D eigenvalue weighted by Gasteiger charge is -2.26. The molecule has 0 atom stereocenters. The monoisotopic (exact) mass is 217 g/mol. The predicted molar refractivity (Wildman–Crippen MR) is 60.3 cm³/mol. The number of hydrogen-bond acceptors (Lipinski definition) is 3. The van der Waals surface area contributed by atoms with Crippen LogP contribution in [0.2, 0.25) is 0 Å². The second-order valence-corrected chi connectivity index (χ2v) is 5.15. The smallest absolute Gasteiger partial charge is 0.0513 e. The molecule has 0 aromatic rings. The molecule has 0 spiro atoms. The highest BCUT2D eigenvalue weighted by Crippen LogP contribution is 2.31. The third-order valence-electron chi connectivity index (χ3n) is 3.00. The van der Waals surface area contributed by atoms with Crippen LogP contribution >= 0.6 is 11.8 Å². The van der Waals surface area contributed by atoms with E-state index >= 15 is 0 Å². The maximum absolute atomic E-state index is 10.1. The third kappa shape index (κ3) is 6.30. The third-order valence-corrected chi connectivity index (χ3v) is 4.01. The summed E-state index contributed by atoms with van der Waals surface area (Å²) >= 11 is 1.46. The fourth-order valence-electron chi connectivity index (χ4n) is 1.36. The Morgan fingerprint density at radius 3 is 2.36 bits per heavy atom. The number of aliphatic carboxylic acids is 1. The van der Waals surface area contributed by atoms with Crippen LogP contribution in [0, 0.1) is 5.41 Å². The Hall–Kier alpha value is -0.180. The Morgan fingerprint density at radius 1 is 1.36 bits per heavy atom. The van der Waals surface area contributed by atoms with E-state index in [2.05, 4.69) is 20.8 Å². The zero-order valence-corrected chi connectivity index (χ0v) is 10.3. The highest BCUT2D eigenvalue weighted by molar-refractivity contribution is 7.99. The molecule has 14 heavy (non-hydrogen) atoms. The lowest BCUT2D eigenvalue weighted by molar-refractivity contribution is -0.301. The number of rotatable bonds is 8. The van der Waals surface area contributed by atoms with E-state index in [0.717, 1.165) is 12.2 Å². The highest BCUT2D eigenvalue weighted by atomic mass is 32.2. The molecule has 0 aliphatic rings. The molecule has 0 aliphatic heterocycles. The molecule has 0 bridgehead atoms. The average molecular weight is 217 g/mol. The summed E-state index contributed by atoms with van der Waals surface area (Å²) in [6.07, 6.45) is 4.71. The number of hydrogen-bond donors (Lipinski definition) is 0. The second-order valence-electron chi connectivity index (χ2n) is 4.05. The van der Waals surface area contributed by atoms with Crippen LogP contribution in [-0.4, -0.2) is 17.5 Å². The van der Waals surface area contributed by atoms with Crippen LogP contribution in [-0.2, 0) is 4.79 Å². The van der Waals surface area contributed by atoms with E-state index in [1.54, 1.807) is 0 Å². The number of carbonyl (C=O) groups is 1. The molecule has 0 saturated heterocycles. The molecule has 0 aromatic carbocycles. The van der Waals surface area contributed by atoms with Gasteiger partial charge in [0.25, 0.3) is 0 Å². The van der Waals surface area contributed by atoms with E-state index in [4.69, 9.17) is 0 Å². The Labute approximate surface area is 91.5 Å². The first-order valence-corrected chi connectivity index (χ1v) is 6.47. The fourth-order valence-corrected chi connectivity index (χ4v) is 2.02. The molecule has 0 radical (unpaired) electrons. The van der Waals surface area contributed by atoms with Crippen molar-refractivity contribution in [1.29, 1.82) is 0 Å². The second kappa shape index (κ2) is 7.16. The summed E-state index contributed by atoms with van der Waals surface area (Å²) in [5.41, 5.74) is 0.446. The summed E-state index contributed by atoms with van der Waals surface area (Å²) in [7, 11) is 0. The van der Waals surface area contributed by atoms with Gasteiger partial charge in [-0.15, -0.1) is 0 Å². The van der Waals surface area contributed by atoms with Crippen molar-refractivity contribution >= 4 is 17.7 Å². The largest absolute Gasteiger partial charge is 0.549 e. The van der Waals surface area contributed by atoms with Crippen LogP contribution in [0.3, 0.4) is 0 Å². The summed E-state index contributed by atoms with van der Waals surface area (Å²) in [4.78, 5) is 10.1. The van der Waals surface area contributed by atoms with Crippen molar-refractivity contribution in [3.05, 3.63) is 0 Å². The van der Waals surface area contributed by atoms with E-state index < -0.39 is 5.97 Å². The van der Waals surface area contributed by atoms with Crippen molar-refractivity contribution in [2.45, 2.75) is 46.5 Å². The predicted octanol–water partition coefficient (Wildman–Crippen LogP) is 2.08. The van der Waals surface area contributed by atoms with Crippen LogP contribution in [0.15, 0.2) is 0 Å². The first-order chi connectivity index (χ1) is 6.54. The van der Waals surface area contributed by atoms with Crippen LogP contribution in [0.4, 0.5) is 0 Å². The normalized spacial score (nSPS) is 11.6. The molecule has 3 heteroatoms. The van der Waals surface area contributed by atoms with Gasteiger partial charge in [0.2, 0.25) is 0 Å². The maximum Gasteiger partial charge on any atom is 0.0513 e. The number of carboxylic acids is 1. The number of thioether (sulfide) groups is 1. The molecule has 0 aromatic heterocycles. The fraction of sp³-hybridized carbons (Fsp3) is 0.909. The van der Waals surface area contributed by atoms with Crippen molar-refractivity contribution in [2.24, 2.45) is 5.41 Å². The Bertz CT molecular complexity index is 165. The van der Waals surface area contributed by atoms with Gasteiger partial charge in [0.1, 0.15) is 0 Å². The van der Waals surface area contributed by atoms with Gasteiger partial charge in [-0.1, -0.05) is 33.6 Å². The lowest BCUT2D eigenvalue weighted by Crippen LogP contribution is -2.24. The Morgan fingerprint density at radius 2 is 1.93 bits per heavy atom. The van der Waals surface area contributed by atoms with E-state index in [-0.39, 0.29) is 5.75 Å². The highest BCUT2D eigenvalue weighted by Gasteiger charge is 2.18. The van der Waals surface area contributed by atoms with Gasteiger partial charge < -0.3 is 9.90 Å². The van der Waals surface area contributed by atoms with Gasteiger partial charge in [0.05, 0.1) is 5.97 Å². The van der Waals surface area contributed by atoms with E-state index in [0.29, 0.717) is 5.41 Å². The van der Waals surface area contributed by atoms with Gasteiger partial charge >= 0.3 is 0 Å². The minimum Gasteiger partial charge on any atom is -0.549 e. The van der Waals surface area contributed by atoms with Gasteiger partial charge in [-0.3, -0.25) is 0 Å². The SMILES string of the molecule is CCC(C)(CC)CCCSCC(=O)[O-]. The lowest BCUT2D eigenvalue weighted by atomic mass is 9.81. The van der Waals surface area contributed by atoms with Crippen LogP contribution in [0.25, 0.3) is 0 Å². The molecule has 0 amide bonds. The molecule has 0 fully saturated rings. The molecule has 0 heterocycles. The van der Waals surface area contributed by atoms with Gasteiger partial charge in [-0.05, 0) is 24.0 Å². The summed E-state index contributed by atoms with van der Waals surface area (Å²) in [5, 5.41) is 10.1. The number of carboxylic acid groups (broad SMARTS) is 1. The summed E-state index contributed by atoms with van der Waals surface area (Å²) < 4.78 is 0. The zero-order chi connectivity index (χ0) is 11.0. The number of carbonyl (C=O) groups excluding carboxylic acids is 1.